The fourth-order valence-corrected chi connectivity index (χ4v) is 3.73. The van der Waals surface area contributed by atoms with Crippen LogP contribution < -0.4 is 4.90 Å². The minimum atomic E-state index is -0.863. The lowest BCUT2D eigenvalue weighted by atomic mass is 9.98. The highest BCUT2D eigenvalue weighted by atomic mass is 35.5. The SMILES string of the molecule is O=C(O)CC1CN(C(=O)c2sccc2Cl)c2ccccc21. The van der Waals surface area contributed by atoms with E-state index < -0.39 is 5.97 Å². The molecule has 0 saturated heterocycles. The summed E-state index contributed by atoms with van der Waals surface area (Å²) in [6, 6.07) is 9.12. The van der Waals surface area contributed by atoms with E-state index in [4.69, 9.17) is 16.7 Å². The summed E-state index contributed by atoms with van der Waals surface area (Å²) in [4.78, 5) is 25.7. The van der Waals surface area contributed by atoms with E-state index in [0.29, 0.717) is 16.4 Å². The van der Waals surface area contributed by atoms with Crippen molar-refractivity contribution in [1.29, 1.82) is 0 Å². The number of amides is 1. The van der Waals surface area contributed by atoms with Gasteiger partial charge in [-0.2, -0.15) is 0 Å². The molecule has 1 aromatic heterocycles. The molecule has 1 unspecified atom stereocenters. The largest absolute Gasteiger partial charge is 0.481 e. The van der Waals surface area contributed by atoms with E-state index in [0.717, 1.165) is 11.3 Å². The summed E-state index contributed by atoms with van der Waals surface area (Å²) < 4.78 is 0. The number of fused-ring (bicyclic) bond motifs is 1. The van der Waals surface area contributed by atoms with E-state index >= 15 is 0 Å². The third-order valence-electron chi connectivity index (χ3n) is 3.55. The number of thiophene rings is 1. The smallest absolute Gasteiger partial charge is 0.304 e. The Morgan fingerprint density at radius 1 is 1.33 bits per heavy atom. The van der Waals surface area contributed by atoms with Crippen LogP contribution in [0, 0.1) is 0 Å². The highest BCUT2D eigenvalue weighted by molar-refractivity contribution is 7.12. The molecule has 0 bridgehead atoms. The van der Waals surface area contributed by atoms with Crippen LogP contribution in [0.3, 0.4) is 0 Å². The second-order valence-electron chi connectivity index (χ2n) is 4.87. The molecule has 1 amide bonds. The molecule has 0 radical (unpaired) electrons. The van der Waals surface area contributed by atoms with Gasteiger partial charge in [0, 0.05) is 18.2 Å². The number of anilines is 1. The molecule has 0 aliphatic carbocycles. The zero-order chi connectivity index (χ0) is 15.0. The van der Waals surface area contributed by atoms with Gasteiger partial charge >= 0.3 is 5.97 Å². The lowest BCUT2D eigenvalue weighted by molar-refractivity contribution is -0.137. The van der Waals surface area contributed by atoms with Gasteiger partial charge in [-0.1, -0.05) is 29.8 Å². The normalized spacial score (nSPS) is 16.8. The average Bonchev–Trinajstić information content (AvgIpc) is 3.02. The van der Waals surface area contributed by atoms with Gasteiger partial charge in [-0.05, 0) is 23.1 Å². The van der Waals surface area contributed by atoms with E-state index in [1.165, 1.54) is 11.3 Å². The van der Waals surface area contributed by atoms with Crippen LogP contribution >= 0.6 is 22.9 Å². The first-order valence-corrected chi connectivity index (χ1v) is 7.69. The third kappa shape index (κ3) is 2.54. The number of carbonyl (C=O) groups is 2. The molecule has 21 heavy (non-hydrogen) atoms. The number of nitrogens with zero attached hydrogens (tertiary/aromatic N) is 1. The Morgan fingerprint density at radius 2 is 2.10 bits per heavy atom. The first-order chi connectivity index (χ1) is 10.1. The first-order valence-electron chi connectivity index (χ1n) is 6.43. The summed E-state index contributed by atoms with van der Waals surface area (Å²) in [5.41, 5.74) is 1.68. The molecule has 4 nitrogen and oxygen atoms in total. The van der Waals surface area contributed by atoms with E-state index in [9.17, 15) is 9.59 Å². The average molecular weight is 322 g/mol. The summed E-state index contributed by atoms with van der Waals surface area (Å²) in [5.74, 6) is -1.21. The quantitative estimate of drug-likeness (QED) is 0.939. The van der Waals surface area contributed by atoms with E-state index in [-0.39, 0.29) is 18.2 Å². The molecule has 6 heteroatoms. The molecule has 1 atom stereocenters. The van der Waals surface area contributed by atoms with Crippen LogP contribution in [0.25, 0.3) is 0 Å². The van der Waals surface area contributed by atoms with Gasteiger partial charge in [0.15, 0.2) is 0 Å². The van der Waals surface area contributed by atoms with Crippen molar-refractivity contribution in [2.45, 2.75) is 12.3 Å². The second kappa shape index (κ2) is 5.50. The van der Waals surface area contributed by atoms with Crippen molar-refractivity contribution in [1.82, 2.24) is 0 Å². The molecule has 1 aliphatic heterocycles. The molecular weight excluding hydrogens is 310 g/mol. The molecule has 1 N–H and O–H groups in total. The van der Waals surface area contributed by atoms with Crippen LogP contribution in [0.2, 0.25) is 5.02 Å². The van der Waals surface area contributed by atoms with Crippen molar-refractivity contribution in [3.63, 3.8) is 0 Å². The Labute approximate surface area is 130 Å². The second-order valence-corrected chi connectivity index (χ2v) is 6.19. The number of aliphatic carboxylic acids is 1. The predicted octanol–water partition coefficient (Wildman–Crippen LogP) is 3.62. The fourth-order valence-electron chi connectivity index (χ4n) is 2.64. The van der Waals surface area contributed by atoms with E-state index in [2.05, 4.69) is 0 Å². The number of para-hydroxylation sites is 1. The molecular formula is C15H12ClNO3S. The number of carboxylic acids is 1. The standard InChI is InChI=1S/C15H12ClNO3S/c16-11-5-6-21-14(11)15(20)17-8-9(7-13(18)19)10-3-1-2-4-12(10)17/h1-6,9H,7-8H2,(H,18,19). The van der Waals surface area contributed by atoms with Crippen LogP contribution in [-0.4, -0.2) is 23.5 Å². The maximum absolute atomic E-state index is 12.6. The van der Waals surface area contributed by atoms with Crippen molar-refractivity contribution in [3.8, 4) is 0 Å². The van der Waals surface area contributed by atoms with Crippen LogP contribution in [0.5, 0.6) is 0 Å². The van der Waals surface area contributed by atoms with Crippen molar-refractivity contribution in [2.24, 2.45) is 0 Å². The molecule has 3 rings (SSSR count). The van der Waals surface area contributed by atoms with Crippen LogP contribution in [0.1, 0.15) is 27.6 Å². The number of halogens is 1. The lowest BCUT2D eigenvalue weighted by Crippen LogP contribution is -2.29. The molecule has 0 spiro atoms. The number of benzene rings is 1. The Bertz CT molecular complexity index is 712. The third-order valence-corrected chi connectivity index (χ3v) is 4.88. The van der Waals surface area contributed by atoms with E-state index in [1.807, 2.05) is 24.3 Å². The lowest BCUT2D eigenvalue weighted by Gasteiger charge is -2.17. The van der Waals surface area contributed by atoms with Gasteiger partial charge in [0.2, 0.25) is 0 Å². The van der Waals surface area contributed by atoms with Crippen LogP contribution in [-0.2, 0) is 4.79 Å². The van der Waals surface area contributed by atoms with Gasteiger partial charge in [0.1, 0.15) is 4.88 Å². The maximum Gasteiger partial charge on any atom is 0.304 e. The molecule has 1 aliphatic rings. The zero-order valence-corrected chi connectivity index (χ0v) is 12.5. The minimum Gasteiger partial charge on any atom is -0.481 e. The number of rotatable bonds is 3. The van der Waals surface area contributed by atoms with Gasteiger partial charge in [0.25, 0.3) is 5.91 Å². The Kier molecular flexibility index (Phi) is 3.69. The van der Waals surface area contributed by atoms with E-state index in [1.54, 1.807) is 16.3 Å². The predicted molar refractivity (Wildman–Crippen MR) is 82.4 cm³/mol. The monoisotopic (exact) mass is 321 g/mol. The zero-order valence-electron chi connectivity index (χ0n) is 11.0. The minimum absolute atomic E-state index is 0.0129. The summed E-state index contributed by atoms with van der Waals surface area (Å²) in [6.45, 7) is 0.374. The molecule has 0 saturated carbocycles. The van der Waals surface area contributed by atoms with Crippen molar-refractivity contribution < 1.29 is 14.7 Å². The first kappa shape index (κ1) is 14.1. The molecule has 2 heterocycles. The number of hydrogen-bond donors (Lipinski definition) is 1. The topological polar surface area (TPSA) is 57.6 Å². The highest BCUT2D eigenvalue weighted by Crippen LogP contribution is 2.39. The van der Waals surface area contributed by atoms with Gasteiger partial charge in [-0.25, -0.2) is 0 Å². The van der Waals surface area contributed by atoms with Gasteiger partial charge in [0.05, 0.1) is 11.4 Å². The van der Waals surface area contributed by atoms with Gasteiger partial charge in [-0.15, -0.1) is 11.3 Å². The molecule has 108 valence electrons. The Hall–Kier alpha value is -1.85. The van der Waals surface area contributed by atoms with Crippen LogP contribution in [0.4, 0.5) is 5.69 Å². The summed E-state index contributed by atoms with van der Waals surface area (Å²) in [6.07, 6.45) is 0.0129. The Morgan fingerprint density at radius 3 is 2.76 bits per heavy atom. The number of carbonyl (C=O) groups excluding carboxylic acids is 1. The van der Waals surface area contributed by atoms with Crippen molar-refractivity contribution in [3.05, 3.63) is 51.2 Å². The van der Waals surface area contributed by atoms with Gasteiger partial charge < -0.3 is 10.0 Å². The highest BCUT2D eigenvalue weighted by Gasteiger charge is 2.34. The maximum atomic E-state index is 12.6. The van der Waals surface area contributed by atoms with Gasteiger partial charge in [-0.3, -0.25) is 9.59 Å². The molecule has 0 fully saturated rings. The summed E-state index contributed by atoms with van der Waals surface area (Å²) in [7, 11) is 0. The molecule has 1 aromatic carbocycles. The Balaban J connectivity index is 1.96. The molecule has 2 aromatic rings. The summed E-state index contributed by atoms with van der Waals surface area (Å²) >= 11 is 7.32. The van der Waals surface area contributed by atoms with Crippen molar-refractivity contribution >= 4 is 40.5 Å². The fraction of sp³-hybridized carbons (Fsp3) is 0.200. The van der Waals surface area contributed by atoms with Crippen molar-refractivity contribution in [2.75, 3.05) is 11.4 Å². The number of carboxylic acid groups (broad SMARTS) is 1. The summed E-state index contributed by atoms with van der Waals surface area (Å²) in [5, 5.41) is 11.2. The van der Waals surface area contributed by atoms with Crippen LogP contribution in [0.15, 0.2) is 35.7 Å². The number of hydrogen-bond acceptors (Lipinski definition) is 3.